The van der Waals surface area contributed by atoms with Crippen molar-refractivity contribution in [3.63, 3.8) is 0 Å². The molecule has 41 heavy (non-hydrogen) atoms. The summed E-state index contributed by atoms with van der Waals surface area (Å²) in [4.78, 5) is 59.6. The molecule has 2 rings (SSSR count). The minimum absolute atomic E-state index is 0.225. The van der Waals surface area contributed by atoms with Crippen LogP contribution in [0, 0.1) is 0 Å². The molecule has 0 fully saturated rings. The second-order valence-electron chi connectivity index (χ2n) is 8.77. The number of benzene rings is 2. The van der Waals surface area contributed by atoms with E-state index < -0.39 is 49.0 Å². The maximum absolute atomic E-state index is 12.2. The van der Waals surface area contributed by atoms with Crippen molar-refractivity contribution >= 4 is 29.7 Å². The van der Waals surface area contributed by atoms with Crippen molar-refractivity contribution in [2.75, 3.05) is 40.1 Å². The highest BCUT2D eigenvalue weighted by Crippen LogP contribution is 2.04. The maximum Gasteiger partial charge on any atom is 0.332 e. The molecule has 0 aromatic heterocycles. The standard InChI is InChI=1S/C29H36N2O10/c1-37-29(36)24(31-26(33)19-41-28(35)21-39-17-23-12-6-3-7-13-23)14-8-9-15-30-25(32)18-40-27(34)20-38-16-22-10-4-2-5-11-22/h2-7,10-13,24H,8-9,14-21H2,1H3,(H,30,32)(H,31,33)/t24-/m0/s1. The average molecular weight is 573 g/mol. The van der Waals surface area contributed by atoms with Crippen LogP contribution in [0.5, 0.6) is 0 Å². The molecule has 2 aromatic carbocycles. The molecule has 222 valence electrons. The molecule has 0 radical (unpaired) electrons. The Hall–Kier alpha value is -4.29. The molecule has 0 aliphatic rings. The van der Waals surface area contributed by atoms with E-state index in [1.807, 2.05) is 60.7 Å². The molecule has 2 aromatic rings. The lowest BCUT2D eigenvalue weighted by molar-refractivity contribution is -0.154. The fourth-order valence-electron chi connectivity index (χ4n) is 3.41. The van der Waals surface area contributed by atoms with E-state index in [1.54, 1.807) is 0 Å². The van der Waals surface area contributed by atoms with Crippen LogP contribution in [0.2, 0.25) is 0 Å². The van der Waals surface area contributed by atoms with Crippen molar-refractivity contribution in [2.24, 2.45) is 0 Å². The van der Waals surface area contributed by atoms with Crippen molar-refractivity contribution in [2.45, 2.75) is 38.5 Å². The molecule has 0 saturated carbocycles. The molecule has 12 nitrogen and oxygen atoms in total. The van der Waals surface area contributed by atoms with E-state index in [2.05, 4.69) is 10.6 Å². The quantitative estimate of drug-likeness (QED) is 0.144. The van der Waals surface area contributed by atoms with Crippen LogP contribution in [0.1, 0.15) is 30.4 Å². The second-order valence-corrected chi connectivity index (χ2v) is 8.77. The molecule has 1 atom stereocenters. The summed E-state index contributed by atoms with van der Waals surface area (Å²) in [5.74, 6) is -3.17. The Labute approximate surface area is 238 Å². The molecule has 2 amide bonds. The lowest BCUT2D eigenvalue weighted by atomic mass is 10.1. The van der Waals surface area contributed by atoms with Gasteiger partial charge in [-0.1, -0.05) is 60.7 Å². The predicted octanol–water partition coefficient (Wildman–Crippen LogP) is 1.45. The highest BCUT2D eigenvalue weighted by atomic mass is 16.6. The SMILES string of the molecule is COC(=O)[C@H](CCCCNC(=O)COC(=O)COCc1ccccc1)NC(=O)COC(=O)COCc1ccccc1. The van der Waals surface area contributed by atoms with Gasteiger partial charge < -0.3 is 34.3 Å². The van der Waals surface area contributed by atoms with Gasteiger partial charge in [-0.15, -0.1) is 0 Å². The largest absolute Gasteiger partial charge is 0.467 e. The summed E-state index contributed by atoms with van der Waals surface area (Å²) in [5, 5.41) is 5.08. The predicted molar refractivity (Wildman–Crippen MR) is 145 cm³/mol. The molecule has 2 N–H and O–H groups in total. The van der Waals surface area contributed by atoms with E-state index in [9.17, 15) is 24.0 Å². The molecule has 0 unspecified atom stereocenters. The number of amides is 2. The van der Waals surface area contributed by atoms with Crippen molar-refractivity contribution < 1.29 is 47.7 Å². The summed E-state index contributed by atoms with van der Waals surface area (Å²) in [6.45, 7) is -0.868. The topological polar surface area (TPSA) is 156 Å². The van der Waals surface area contributed by atoms with Crippen molar-refractivity contribution in [3.8, 4) is 0 Å². The van der Waals surface area contributed by atoms with Crippen LogP contribution in [-0.2, 0) is 60.9 Å². The Balaban J connectivity index is 1.55. The summed E-state index contributed by atoms with van der Waals surface area (Å²) in [5.41, 5.74) is 1.80. The van der Waals surface area contributed by atoms with Crippen LogP contribution in [0.15, 0.2) is 60.7 Å². The van der Waals surface area contributed by atoms with E-state index in [4.69, 9.17) is 23.7 Å². The lowest BCUT2D eigenvalue weighted by Crippen LogP contribution is -2.43. The van der Waals surface area contributed by atoms with E-state index >= 15 is 0 Å². The zero-order valence-electron chi connectivity index (χ0n) is 23.0. The van der Waals surface area contributed by atoms with Gasteiger partial charge in [-0.25, -0.2) is 14.4 Å². The molecular weight excluding hydrogens is 536 g/mol. The summed E-state index contributed by atoms with van der Waals surface area (Å²) in [6, 6.07) is 17.6. The summed E-state index contributed by atoms with van der Waals surface area (Å²) in [6.07, 6.45) is 1.17. The number of nitrogens with one attached hydrogen (secondary N) is 2. The van der Waals surface area contributed by atoms with Crippen LogP contribution in [0.25, 0.3) is 0 Å². The normalized spacial score (nSPS) is 11.1. The lowest BCUT2D eigenvalue weighted by Gasteiger charge is -2.16. The Morgan fingerprint density at radius 3 is 1.71 bits per heavy atom. The molecule has 0 bridgehead atoms. The van der Waals surface area contributed by atoms with Gasteiger partial charge in [0.1, 0.15) is 19.3 Å². The second kappa shape index (κ2) is 19.7. The van der Waals surface area contributed by atoms with Gasteiger partial charge in [0.2, 0.25) is 0 Å². The first-order chi connectivity index (χ1) is 19.9. The maximum atomic E-state index is 12.2. The van der Waals surface area contributed by atoms with Gasteiger partial charge in [0.15, 0.2) is 13.2 Å². The smallest absolute Gasteiger partial charge is 0.332 e. The van der Waals surface area contributed by atoms with Crippen LogP contribution in [0.4, 0.5) is 0 Å². The molecule has 0 heterocycles. The first-order valence-electron chi connectivity index (χ1n) is 13.1. The van der Waals surface area contributed by atoms with E-state index in [-0.39, 0.29) is 39.4 Å². The third-order valence-corrected chi connectivity index (χ3v) is 5.45. The van der Waals surface area contributed by atoms with Crippen LogP contribution in [0.3, 0.4) is 0 Å². The van der Waals surface area contributed by atoms with Gasteiger partial charge in [-0.2, -0.15) is 0 Å². The minimum atomic E-state index is -0.951. The zero-order valence-corrected chi connectivity index (χ0v) is 23.0. The summed E-state index contributed by atoms with van der Waals surface area (Å²) < 4.78 is 25.0. The van der Waals surface area contributed by atoms with Gasteiger partial charge in [-0.3, -0.25) is 9.59 Å². The molecule has 0 aliphatic carbocycles. The first kappa shape index (κ1) is 32.9. The molecule has 0 aliphatic heterocycles. The van der Waals surface area contributed by atoms with E-state index in [0.29, 0.717) is 12.8 Å². The molecule has 0 saturated heterocycles. The van der Waals surface area contributed by atoms with Crippen LogP contribution >= 0.6 is 0 Å². The van der Waals surface area contributed by atoms with Gasteiger partial charge in [0.25, 0.3) is 11.8 Å². The first-order valence-corrected chi connectivity index (χ1v) is 13.1. The Kier molecular flexibility index (Phi) is 15.8. The van der Waals surface area contributed by atoms with Crippen molar-refractivity contribution in [1.29, 1.82) is 0 Å². The Bertz CT molecular complexity index is 1100. The number of unbranched alkanes of at least 4 members (excludes halogenated alkanes) is 1. The monoisotopic (exact) mass is 572 g/mol. The fourth-order valence-corrected chi connectivity index (χ4v) is 3.41. The highest BCUT2D eigenvalue weighted by Gasteiger charge is 2.21. The van der Waals surface area contributed by atoms with Gasteiger partial charge in [-0.05, 0) is 30.4 Å². The number of esters is 3. The van der Waals surface area contributed by atoms with Crippen molar-refractivity contribution in [1.82, 2.24) is 10.6 Å². The van der Waals surface area contributed by atoms with Crippen molar-refractivity contribution in [3.05, 3.63) is 71.8 Å². The number of ether oxygens (including phenoxy) is 5. The number of methoxy groups -OCH3 is 1. The molecular formula is C29H36N2O10. The summed E-state index contributed by atoms with van der Waals surface area (Å²) in [7, 11) is 1.19. The number of hydrogen-bond acceptors (Lipinski definition) is 10. The van der Waals surface area contributed by atoms with E-state index in [0.717, 1.165) is 11.1 Å². The van der Waals surface area contributed by atoms with Gasteiger partial charge >= 0.3 is 17.9 Å². The van der Waals surface area contributed by atoms with Crippen LogP contribution < -0.4 is 10.6 Å². The Morgan fingerprint density at radius 1 is 0.683 bits per heavy atom. The fraction of sp³-hybridized carbons (Fsp3) is 0.414. The third kappa shape index (κ3) is 15.2. The zero-order chi connectivity index (χ0) is 29.7. The Morgan fingerprint density at radius 2 is 1.20 bits per heavy atom. The summed E-state index contributed by atoms with van der Waals surface area (Å²) >= 11 is 0. The minimum Gasteiger partial charge on any atom is -0.467 e. The number of hydrogen-bond donors (Lipinski definition) is 2. The number of rotatable bonds is 19. The highest BCUT2D eigenvalue weighted by molar-refractivity contribution is 5.86. The average Bonchev–Trinajstić information content (AvgIpc) is 2.99. The molecule has 0 spiro atoms. The number of carbonyl (C=O) groups excluding carboxylic acids is 5. The third-order valence-electron chi connectivity index (χ3n) is 5.45. The van der Waals surface area contributed by atoms with E-state index in [1.165, 1.54) is 7.11 Å². The molecule has 12 heteroatoms. The van der Waals surface area contributed by atoms with Crippen LogP contribution in [-0.4, -0.2) is 75.8 Å². The van der Waals surface area contributed by atoms with Gasteiger partial charge in [0.05, 0.1) is 20.3 Å². The van der Waals surface area contributed by atoms with Gasteiger partial charge in [0, 0.05) is 6.54 Å². The number of carbonyl (C=O) groups is 5.